The number of carbonyl (C=O) groups excluding carboxylic acids is 2. The van der Waals surface area contributed by atoms with Crippen LogP contribution in [0.3, 0.4) is 0 Å². The smallest absolute Gasteiger partial charge is 0.418 e. The Labute approximate surface area is 173 Å². The first-order valence-corrected chi connectivity index (χ1v) is 11.0. The molecule has 2 amide bonds. The molecule has 30 heavy (non-hydrogen) atoms. The number of hydrogen-bond acceptors (Lipinski definition) is 9. The molecule has 0 radical (unpaired) electrons. The van der Waals surface area contributed by atoms with Crippen LogP contribution in [0, 0.1) is 5.41 Å². The second-order valence-electron chi connectivity index (χ2n) is 8.98. The first kappa shape index (κ1) is 21.0. The molecule has 0 unspecified atom stereocenters. The van der Waals surface area contributed by atoms with E-state index in [9.17, 15) is 18.0 Å². The van der Waals surface area contributed by atoms with Gasteiger partial charge in [-0.05, 0) is 45.4 Å². The Bertz CT molecular complexity index is 965. The summed E-state index contributed by atoms with van der Waals surface area (Å²) >= 11 is 0. The molecule has 4 rings (SSSR count). The fraction of sp³-hybridized carbons (Fsp3) is 0.765. The van der Waals surface area contributed by atoms with E-state index in [1.165, 1.54) is 4.90 Å². The fourth-order valence-electron chi connectivity index (χ4n) is 4.14. The highest BCUT2D eigenvalue weighted by Crippen LogP contribution is 2.61. The van der Waals surface area contributed by atoms with Gasteiger partial charge in [-0.2, -0.15) is 13.5 Å². The van der Waals surface area contributed by atoms with E-state index in [2.05, 4.69) is 14.5 Å². The summed E-state index contributed by atoms with van der Waals surface area (Å²) in [7, 11) is -4.82. The number of fused-ring (bicyclic) bond motifs is 3. The van der Waals surface area contributed by atoms with Crippen molar-refractivity contribution in [1.82, 2.24) is 20.2 Å². The van der Waals surface area contributed by atoms with Crippen molar-refractivity contribution in [2.75, 3.05) is 6.54 Å². The molecule has 0 aromatic carbocycles. The SMILES string of the molecule is CC(C)(C)OC(=O)CCc1nnc([C@@H]2CC3(CC3)[C@@H]3CN2C(=O)N3OS(=O)(=O)O)o1. The number of esters is 1. The highest BCUT2D eigenvalue weighted by Gasteiger charge is 2.64. The van der Waals surface area contributed by atoms with Gasteiger partial charge in [0.25, 0.3) is 0 Å². The number of carbonyl (C=O) groups is 2. The molecule has 13 heteroatoms. The summed E-state index contributed by atoms with van der Waals surface area (Å²) < 4.78 is 46.9. The number of hydrogen-bond donors (Lipinski definition) is 1. The third-order valence-electron chi connectivity index (χ3n) is 5.57. The van der Waals surface area contributed by atoms with Crippen LogP contribution in [0.5, 0.6) is 0 Å². The summed E-state index contributed by atoms with van der Waals surface area (Å²) in [4.78, 5) is 26.0. The molecular weight excluding hydrogens is 420 g/mol. The summed E-state index contributed by atoms with van der Waals surface area (Å²) in [5.41, 5.74) is -0.899. The molecule has 3 heterocycles. The first-order valence-electron chi connectivity index (χ1n) is 9.68. The molecule has 3 fully saturated rings. The van der Waals surface area contributed by atoms with Crippen LogP contribution < -0.4 is 0 Å². The maximum absolute atomic E-state index is 12.7. The number of piperidine rings is 1. The lowest BCUT2D eigenvalue weighted by atomic mass is 9.85. The number of amides is 2. The Kier molecular flexibility index (Phi) is 4.82. The summed E-state index contributed by atoms with van der Waals surface area (Å²) in [5.74, 6) is 0.0916. The summed E-state index contributed by atoms with van der Waals surface area (Å²) in [6.45, 7) is 5.57. The molecule has 1 saturated carbocycles. The predicted octanol–water partition coefficient (Wildman–Crippen LogP) is 1.41. The monoisotopic (exact) mass is 444 g/mol. The Morgan fingerprint density at radius 2 is 2.03 bits per heavy atom. The zero-order valence-electron chi connectivity index (χ0n) is 16.9. The van der Waals surface area contributed by atoms with Crippen molar-refractivity contribution >= 4 is 22.4 Å². The minimum absolute atomic E-state index is 0.0776. The minimum Gasteiger partial charge on any atom is -0.460 e. The van der Waals surface area contributed by atoms with Crippen LogP contribution >= 0.6 is 0 Å². The van der Waals surface area contributed by atoms with Gasteiger partial charge in [0.05, 0.1) is 12.5 Å². The largest absolute Gasteiger partial charge is 0.460 e. The van der Waals surface area contributed by atoms with Crippen molar-refractivity contribution in [3.05, 3.63) is 11.8 Å². The van der Waals surface area contributed by atoms with Gasteiger partial charge in [-0.15, -0.1) is 14.5 Å². The van der Waals surface area contributed by atoms with E-state index < -0.39 is 34.1 Å². The molecule has 2 saturated heterocycles. The van der Waals surface area contributed by atoms with Gasteiger partial charge in [0.2, 0.25) is 11.8 Å². The number of rotatable bonds is 6. The van der Waals surface area contributed by atoms with Gasteiger partial charge in [-0.1, -0.05) is 0 Å². The highest BCUT2D eigenvalue weighted by atomic mass is 32.3. The number of urea groups is 1. The van der Waals surface area contributed by atoms with Gasteiger partial charge in [0.15, 0.2) is 0 Å². The number of ether oxygens (including phenoxy) is 1. The van der Waals surface area contributed by atoms with Gasteiger partial charge in [-0.25, -0.2) is 4.79 Å². The standard InChI is InChI=1S/C17H24N4O8S/c1-16(2,3)28-13(22)5-4-12-18-19-14(27-12)10-8-17(6-7-17)11-9-20(10)15(23)21(11)29-30(24,25)26/h10-11H,4-9H2,1-3H3,(H,24,25,26)/t10-,11-/m0/s1. The van der Waals surface area contributed by atoms with E-state index in [1.54, 1.807) is 20.8 Å². The lowest BCUT2D eigenvalue weighted by molar-refractivity contribution is -0.154. The van der Waals surface area contributed by atoms with E-state index in [1.807, 2.05) is 0 Å². The lowest BCUT2D eigenvalue weighted by Crippen LogP contribution is -2.43. The summed E-state index contributed by atoms with van der Waals surface area (Å²) in [6.07, 6.45) is 2.38. The summed E-state index contributed by atoms with van der Waals surface area (Å²) in [6, 6.07) is -1.69. The normalized spacial score (nSPS) is 25.1. The Morgan fingerprint density at radius 1 is 1.33 bits per heavy atom. The van der Waals surface area contributed by atoms with Gasteiger partial charge in [0.1, 0.15) is 11.6 Å². The molecular formula is C17H24N4O8S. The van der Waals surface area contributed by atoms with Crippen molar-refractivity contribution < 1.29 is 36.0 Å². The number of hydroxylamine groups is 2. The molecule has 12 nitrogen and oxygen atoms in total. The highest BCUT2D eigenvalue weighted by molar-refractivity contribution is 7.80. The van der Waals surface area contributed by atoms with Crippen molar-refractivity contribution in [3.63, 3.8) is 0 Å². The Hall–Kier alpha value is -2.25. The zero-order chi connectivity index (χ0) is 21.9. The van der Waals surface area contributed by atoms with Gasteiger partial charge >= 0.3 is 22.4 Å². The van der Waals surface area contributed by atoms with E-state index in [4.69, 9.17) is 13.7 Å². The molecule has 2 bridgehead atoms. The van der Waals surface area contributed by atoms with Crippen molar-refractivity contribution in [2.45, 2.75) is 70.6 Å². The van der Waals surface area contributed by atoms with Crippen molar-refractivity contribution in [3.8, 4) is 0 Å². The van der Waals surface area contributed by atoms with Crippen molar-refractivity contribution in [1.29, 1.82) is 0 Å². The van der Waals surface area contributed by atoms with Crippen LogP contribution in [-0.4, -0.2) is 63.3 Å². The van der Waals surface area contributed by atoms with Gasteiger partial charge < -0.3 is 14.1 Å². The van der Waals surface area contributed by atoms with Crippen LogP contribution in [0.15, 0.2) is 4.42 Å². The van der Waals surface area contributed by atoms with Gasteiger partial charge in [0, 0.05) is 13.0 Å². The predicted molar refractivity (Wildman–Crippen MR) is 97.9 cm³/mol. The lowest BCUT2D eigenvalue weighted by Gasteiger charge is -2.34. The second-order valence-corrected chi connectivity index (χ2v) is 9.99. The Morgan fingerprint density at radius 3 is 2.63 bits per heavy atom. The van der Waals surface area contributed by atoms with Crippen LogP contribution in [-0.2, 0) is 30.6 Å². The maximum Gasteiger partial charge on any atom is 0.418 e. The minimum atomic E-state index is -4.82. The molecule has 1 aromatic rings. The van der Waals surface area contributed by atoms with Crippen LogP contribution in [0.2, 0.25) is 0 Å². The number of nitrogens with zero attached hydrogens (tertiary/aromatic N) is 4. The van der Waals surface area contributed by atoms with Crippen LogP contribution in [0.25, 0.3) is 0 Å². The third kappa shape index (κ3) is 4.14. The third-order valence-corrected chi connectivity index (χ3v) is 5.92. The summed E-state index contributed by atoms with van der Waals surface area (Å²) in [5, 5.41) is 8.76. The maximum atomic E-state index is 12.7. The average Bonchev–Trinajstić information content (AvgIpc) is 3.10. The molecule has 1 aliphatic carbocycles. The second kappa shape index (κ2) is 6.89. The molecule has 2 atom stereocenters. The van der Waals surface area contributed by atoms with E-state index in [-0.39, 0.29) is 42.6 Å². The zero-order valence-corrected chi connectivity index (χ0v) is 17.7. The fourth-order valence-corrected chi connectivity index (χ4v) is 4.51. The topological polar surface area (TPSA) is 152 Å². The molecule has 2 aliphatic heterocycles. The molecule has 1 aromatic heterocycles. The van der Waals surface area contributed by atoms with Crippen LogP contribution in [0.4, 0.5) is 4.79 Å². The van der Waals surface area contributed by atoms with Crippen LogP contribution in [0.1, 0.15) is 64.3 Å². The van der Waals surface area contributed by atoms with Gasteiger partial charge in [-0.3, -0.25) is 9.35 Å². The van der Waals surface area contributed by atoms with E-state index in [0.717, 1.165) is 17.9 Å². The number of aryl methyl sites for hydroxylation is 1. The average molecular weight is 444 g/mol. The molecule has 166 valence electrons. The Balaban J connectivity index is 1.47. The van der Waals surface area contributed by atoms with Crippen molar-refractivity contribution in [2.24, 2.45) is 5.41 Å². The molecule has 1 spiro atoms. The van der Waals surface area contributed by atoms with E-state index in [0.29, 0.717) is 6.42 Å². The molecule has 3 aliphatic rings. The quantitative estimate of drug-likeness (QED) is 0.503. The van der Waals surface area contributed by atoms with E-state index >= 15 is 0 Å². The first-order chi connectivity index (χ1) is 13.9. The number of aromatic nitrogens is 2. The molecule has 1 N–H and O–H groups in total.